The predicted octanol–water partition coefficient (Wildman–Crippen LogP) is 1.12. The Morgan fingerprint density at radius 2 is 2.20 bits per heavy atom. The van der Waals surface area contributed by atoms with Crippen LogP contribution in [-0.2, 0) is 10.3 Å². The number of hydrogen-bond acceptors (Lipinski definition) is 2. The molecule has 0 aromatic carbocycles. The summed E-state index contributed by atoms with van der Waals surface area (Å²) in [5, 5.41) is 0.316. The minimum atomic E-state index is -2.17. The fourth-order valence-electron chi connectivity index (χ4n) is 0.666. The molecule has 0 radical (unpaired) electrons. The van der Waals surface area contributed by atoms with Gasteiger partial charge in [-0.1, -0.05) is 23.8 Å². The van der Waals surface area contributed by atoms with Crippen molar-refractivity contribution in [3.8, 4) is 0 Å². The predicted molar refractivity (Wildman–Crippen MR) is 41.6 cm³/mol. The van der Waals surface area contributed by atoms with Crippen molar-refractivity contribution in [2.75, 3.05) is 0 Å². The summed E-state index contributed by atoms with van der Waals surface area (Å²) in [7, 11) is -2.17. The van der Waals surface area contributed by atoms with Gasteiger partial charge < -0.3 is 0 Å². The van der Waals surface area contributed by atoms with Crippen LogP contribution in [0.1, 0.15) is 6.42 Å². The average molecular weight is 177 g/mol. The van der Waals surface area contributed by atoms with E-state index >= 15 is 0 Å². The van der Waals surface area contributed by atoms with Gasteiger partial charge in [0.2, 0.25) is 10.3 Å². The van der Waals surface area contributed by atoms with Gasteiger partial charge in [-0.15, -0.1) is 0 Å². The smallest absolute Gasteiger partial charge is 0.184 e. The molecule has 1 aliphatic carbocycles. The first-order chi connectivity index (χ1) is 4.72. The molecule has 54 valence electrons. The van der Waals surface area contributed by atoms with Crippen molar-refractivity contribution in [2.45, 2.75) is 6.42 Å². The van der Waals surface area contributed by atoms with E-state index in [4.69, 9.17) is 11.6 Å². The summed E-state index contributed by atoms with van der Waals surface area (Å²) in [6.45, 7) is 0. The quantitative estimate of drug-likeness (QED) is 0.519. The van der Waals surface area contributed by atoms with Crippen LogP contribution in [0.4, 0.5) is 0 Å². The molecule has 0 heterocycles. The summed E-state index contributed by atoms with van der Waals surface area (Å²) in [6, 6.07) is 0. The Hall–Kier alpha value is -0.540. The van der Waals surface area contributed by atoms with Gasteiger partial charge in [-0.3, -0.25) is 0 Å². The highest BCUT2D eigenvalue weighted by atomic mass is 35.5. The van der Waals surface area contributed by atoms with Crippen LogP contribution in [0, 0.1) is 0 Å². The lowest BCUT2D eigenvalue weighted by Crippen LogP contribution is -2.00. The lowest BCUT2D eigenvalue weighted by molar-refractivity contribution is 0.627. The third-order valence-electron chi connectivity index (χ3n) is 1.15. The average Bonchev–Trinajstić information content (AvgIpc) is 1.88. The molecule has 0 aromatic rings. The molecule has 0 spiro atoms. The Bertz CT molecular complexity index is 314. The van der Waals surface area contributed by atoms with Crippen molar-refractivity contribution < 1.29 is 8.42 Å². The molecule has 4 heteroatoms. The largest absolute Gasteiger partial charge is 0.219 e. The van der Waals surface area contributed by atoms with Crippen LogP contribution in [0.25, 0.3) is 0 Å². The van der Waals surface area contributed by atoms with Crippen LogP contribution < -0.4 is 0 Å². The lowest BCUT2D eigenvalue weighted by atomic mass is 10.2. The highest BCUT2D eigenvalue weighted by Gasteiger charge is 2.06. The number of hydrogen-bond donors (Lipinski definition) is 0. The van der Waals surface area contributed by atoms with E-state index in [2.05, 4.69) is 0 Å². The van der Waals surface area contributed by atoms with Crippen molar-refractivity contribution in [2.24, 2.45) is 0 Å². The molecule has 0 saturated heterocycles. The van der Waals surface area contributed by atoms with Crippen LogP contribution in [0.5, 0.6) is 0 Å². The Morgan fingerprint density at radius 1 is 1.50 bits per heavy atom. The molecule has 0 fully saturated rings. The van der Waals surface area contributed by atoms with Gasteiger partial charge in [-0.2, -0.15) is 8.42 Å². The van der Waals surface area contributed by atoms with Crippen LogP contribution in [-0.4, -0.2) is 13.3 Å². The van der Waals surface area contributed by atoms with Crippen molar-refractivity contribution in [3.63, 3.8) is 0 Å². The van der Waals surface area contributed by atoms with Crippen molar-refractivity contribution in [1.82, 2.24) is 0 Å². The van der Waals surface area contributed by atoms with Gasteiger partial charge >= 0.3 is 0 Å². The van der Waals surface area contributed by atoms with Gasteiger partial charge in [0, 0.05) is 6.42 Å². The molecule has 0 atom stereocenters. The Labute approximate surface area is 65.3 Å². The van der Waals surface area contributed by atoms with Crippen LogP contribution in [0.2, 0.25) is 0 Å². The molecule has 2 nitrogen and oxygen atoms in total. The Balaban J connectivity index is 3.19. The third kappa shape index (κ3) is 1.49. The van der Waals surface area contributed by atoms with E-state index < -0.39 is 10.3 Å². The number of rotatable bonds is 0. The zero-order valence-corrected chi connectivity index (χ0v) is 6.61. The fourth-order valence-corrected chi connectivity index (χ4v) is 1.46. The van der Waals surface area contributed by atoms with Gasteiger partial charge in [0.05, 0.1) is 9.90 Å². The zero-order valence-electron chi connectivity index (χ0n) is 5.04. The molecule has 0 bridgehead atoms. The monoisotopic (exact) mass is 176 g/mol. The minimum Gasteiger partial charge on any atom is -0.184 e. The molecule has 0 N–H and O–H groups in total. The molecule has 10 heavy (non-hydrogen) atoms. The van der Waals surface area contributed by atoms with Gasteiger partial charge in [0.25, 0.3) is 0 Å². The second kappa shape index (κ2) is 3.03. The molecular weight excluding hydrogens is 172 g/mol. The molecule has 0 aromatic heterocycles. The van der Waals surface area contributed by atoms with E-state index in [-0.39, 0.29) is 4.86 Å². The van der Waals surface area contributed by atoms with E-state index in [1.54, 1.807) is 18.2 Å². The van der Waals surface area contributed by atoms with E-state index in [1.807, 2.05) is 0 Å². The molecule has 0 aliphatic heterocycles. The van der Waals surface area contributed by atoms with E-state index in [0.717, 1.165) is 0 Å². The summed E-state index contributed by atoms with van der Waals surface area (Å²) in [5.41, 5.74) is 0. The zero-order chi connectivity index (χ0) is 7.56. The van der Waals surface area contributed by atoms with Crippen LogP contribution >= 0.6 is 11.6 Å². The summed E-state index contributed by atoms with van der Waals surface area (Å²) in [5.74, 6) is 0. The number of halogens is 1. The van der Waals surface area contributed by atoms with E-state index in [0.29, 0.717) is 11.5 Å². The highest BCUT2D eigenvalue weighted by Crippen LogP contribution is 2.11. The summed E-state index contributed by atoms with van der Waals surface area (Å²) in [6.07, 6.45) is 5.46. The van der Waals surface area contributed by atoms with E-state index in [1.165, 1.54) is 0 Å². The Morgan fingerprint density at radius 3 is 2.60 bits per heavy atom. The molecule has 0 unspecified atom stereocenters. The lowest BCUT2D eigenvalue weighted by Gasteiger charge is -1.99. The molecule has 1 aliphatic rings. The van der Waals surface area contributed by atoms with Gasteiger partial charge in [0.15, 0.2) is 0 Å². The van der Waals surface area contributed by atoms with Crippen molar-refractivity contribution in [3.05, 3.63) is 23.3 Å². The summed E-state index contributed by atoms with van der Waals surface area (Å²) in [4.78, 5) is 0.268. The maximum absolute atomic E-state index is 10.4. The number of allylic oxidation sites excluding steroid dienone is 4. The topological polar surface area (TPSA) is 34.1 Å². The van der Waals surface area contributed by atoms with Crippen LogP contribution in [0.15, 0.2) is 23.3 Å². The third-order valence-corrected chi connectivity index (χ3v) is 2.40. The van der Waals surface area contributed by atoms with Crippen molar-refractivity contribution in [1.29, 1.82) is 0 Å². The van der Waals surface area contributed by atoms with E-state index in [9.17, 15) is 8.42 Å². The maximum atomic E-state index is 10.4. The second-order valence-electron chi connectivity index (χ2n) is 1.80. The van der Waals surface area contributed by atoms with Crippen molar-refractivity contribution >= 4 is 26.8 Å². The molecule has 0 saturated carbocycles. The Kier molecular flexibility index (Phi) is 2.29. The maximum Gasteiger partial charge on any atom is 0.219 e. The highest BCUT2D eigenvalue weighted by molar-refractivity contribution is 7.73. The first-order valence-electron chi connectivity index (χ1n) is 2.69. The fraction of sp³-hybridized carbons (Fsp3) is 0.167. The minimum absolute atomic E-state index is 0.268. The van der Waals surface area contributed by atoms with Gasteiger partial charge in [0.1, 0.15) is 0 Å². The van der Waals surface area contributed by atoms with Gasteiger partial charge in [-0.05, 0) is 6.08 Å². The second-order valence-corrected chi connectivity index (χ2v) is 3.17. The van der Waals surface area contributed by atoms with Gasteiger partial charge in [-0.25, -0.2) is 0 Å². The molecular formula is C6H5ClO2S. The summed E-state index contributed by atoms with van der Waals surface area (Å²) < 4.78 is 20.7. The SMILES string of the molecule is O=S(=O)=C1CC=CC=C1Cl. The first kappa shape index (κ1) is 7.57. The summed E-state index contributed by atoms with van der Waals surface area (Å²) >= 11 is 5.56. The molecule has 0 amide bonds. The first-order valence-corrected chi connectivity index (χ1v) is 4.15. The standard InChI is InChI=1S/C6H5ClO2S/c7-5-3-1-2-4-6(5)10(8)9/h1-3H,4H2. The normalized spacial score (nSPS) is 16.9. The van der Waals surface area contributed by atoms with Crippen LogP contribution in [0.3, 0.4) is 0 Å². The molecule has 1 rings (SSSR count).